The van der Waals surface area contributed by atoms with Gasteiger partial charge >= 0.3 is 0 Å². The summed E-state index contributed by atoms with van der Waals surface area (Å²) in [7, 11) is 0. The molecule has 4 nitrogen and oxygen atoms in total. The zero-order valence-electron chi connectivity index (χ0n) is 13.7. The first-order valence-corrected chi connectivity index (χ1v) is 8.72. The van der Waals surface area contributed by atoms with Crippen LogP contribution in [0.15, 0.2) is 18.2 Å². The third-order valence-electron chi connectivity index (χ3n) is 5.03. The van der Waals surface area contributed by atoms with E-state index >= 15 is 0 Å². The monoisotopic (exact) mass is 334 g/mol. The molecule has 2 aliphatic heterocycles. The van der Waals surface area contributed by atoms with Crippen molar-refractivity contribution in [3.8, 4) is 0 Å². The number of hydrogen-bond acceptors (Lipinski definition) is 2. The predicted octanol–water partition coefficient (Wildman–Crippen LogP) is 3.40. The molecule has 2 amide bonds. The third-order valence-corrected chi connectivity index (χ3v) is 5.43. The Morgan fingerprint density at radius 1 is 1.30 bits per heavy atom. The first-order chi connectivity index (χ1) is 11.0. The molecule has 0 aliphatic carbocycles. The topological polar surface area (TPSA) is 40.6 Å². The van der Waals surface area contributed by atoms with Gasteiger partial charge in [-0.25, -0.2) is 0 Å². The summed E-state index contributed by atoms with van der Waals surface area (Å²) in [4.78, 5) is 28.8. The molecule has 0 N–H and O–H groups in total. The number of nitrogens with zero attached hydrogens (tertiary/aromatic N) is 2. The van der Waals surface area contributed by atoms with Crippen LogP contribution in [0.3, 0.4) is 0 Å². The second-order valence-corrected chi connectivity index (χ2v) is 7.12. The quantitative estimate of drug-likeness (QED) is 0.831. The number of halogens is 1. The van der Waals surface area contributed by atoms with E-state index < -0.39 is 0 Å². The Kier molecular flexibility index (Phi) is 4.62. The van der Waals surface area contributed by atoms with Crippen molar-refractivity contribution in [3.63, 3.8) is 0 Å². The molecule has 2 saturated heterocycles. The lowest BCUT2D eigenvalue weighted by atomic mass is 9.99. The number of likely N-dealkylation sites (tertiary alicyclic amines) is 1. The number of carbonyl (C=O) groups excluding carboxylic acids is 2. The van der Waals surface area contributed by atoms with Crippen molar-refractivity contribution >= 4 is 29.1 Å². The molecule has 1 aromatic rings. The highest BCUT2D eigenvalue weighted by Crippen LogP contribution is 2.30. The number of rotatable bonds is 2. The highest BCUT2D eigenvalue weighted by molar-refractivity contribution is 6.31. The number of anilines is 1. The fourth-order valence-corrected chi connectivity index (χ4v) is 3.71. The Labute approximate surface area is 142 Å². The second-order valence-electron chi connectivity index (χ2n) is 6.72. The van der Waals surface area contributed by atoms with E-state index in [1.165, 1.54) is 6.42 Å². The van der Waals surface area contributed by atoms with E-state index in [2.05, 4.69) is 6.92 Å². The van der Waals surface area contributed by atoms with Crippen LogP contribution in [0.4, 0.5) is 5.69 Å². The highest BCUT2D eigenvalue weighted by atomic mass is 35.5. The summed E-state index contributed by atoms with van der Waals surface area (Å²) in [6, 6.07) is 5.90. The van der Waals surface area contributed by atoms with Crippen molar-refractivity contribution in [1.29, 1.82) is 0 Å². The van der Waals surface area contributed by atoms with Crippen LogP contribution in [0, 0.1) is 12.8 Å². The van der Waals surface area contributed by atoms with E-state index in [0.29, 0.717) is 18.0 Å². The van der Waals surface area contributed by atoms with Gasteiger partial charge in [0, 0.05) is 36.3 Å². The average Bonchev–Trinajstić information content (AvgIpc) is 2.92. The molecule has 5 heteroatoms. The molecule has 0 aromatic heterocycles. The van der Waals surface area contributed by atoms with E-state index in [1.807, 2.05) is 30.0 Å². The number of benzene rings is 1. The minimum Gasteiger partial charge on any atom is -0.340 e. The maximum absolute atomic E-state index is 12.8. The summed E-state index contributed by atoms with van der Waals surface area (Å²) in [5.41, 5.74) is 1.77. The minimum absolute atomic E-state index is 0.00734. The van der Waals surface area contributed by atoms with Crippen LogP contribution in [-0.4, -0.2) is 35.8 Å². The Balaban J connectivity index is 1.74. The fraction of sp³-hybridized carbons (Fsp3) is 0.556. The van der Waals surface area contributed by atoms with Gasteiger partial charge in [-0.1, -0.05) is 17.7 Å². The van der Waals surface area contributed by atoms with Gasteiger partial charge in [-0.05, 0) is 50.8 Å². The molecule has 0 spiro atoms. The standard InChI is InChI=1S/C18H23ClN2O2/c1-12-6-7-15(10-16(12)19)21-11-14(9-17(21)22)18(23)20-8-4-3-5-13(20)2/h6-7,10,13-14H,3-5,8-9,11H2,1-2H3/t13-,14+/m1/s1. The molecule has 2 aliphatic rings. The Bertz CT molecular complexity index is 631. The molecular weight excluding hydrogens is 312 g/mol. The molecule has 0 radical (unpaired) electrons. The van der Waals surface area contributed by atoms with Crippen molar-refractivity contribution in [2.45, 2.75) is 45.6 Å². The summed E-state index contributed by atoms with van der Waals surface area (Å²) < 4.78 is 0. The lowest BCUT2D eigenvalue weighted by molar-refractivity contribution is -0.139. The van der Waals surface area contributed by atoms with Crippen LogP contribution < -0.4 is 4.90 Å². The maximum atomic E-state index is 12.8. The van der Waals surface area contributed by atoms with Crippen LogP contribution in [0.1, 0.15) is 38.2 Å². The largest absolute Gasteiger partial charge is 0.340 e. The normalized spacial score (nSPS) is 25.1. The minimum atomic E-state index is -0.233. The van der Waals surface area contributed by atoms with Crippen LogP contribution in [0.2, 0.25) is 5.02 Å². The van der Waals surface area contributed by atoms with Gasteiger partial charge in [-0.15, -0.1) is 0 Å². The van der Waals surface area contributed by atoms with Gasteiger partial charge in [0.05, 0.1) is 5.92 Å². The van der Waals surface area contributed by atoms with Crippen molar-refractivity contribution in [1.82, 2.24) is 4.90 Å². The Morgan fingerprint density at radius 2 is 2.09 bits per heavy atom. The van der Waals surface area contributed by atoms with E-state index in [-0.39, 0.29) is 23.8 Å². The SMILES string of the molecule is Cc1ccc(N2C[C@@H](C(=O)N3CCCC[C@H]3C)CC2=O)cc1Cl. The molecule has 1 aromatic carbocycles. The molecule has 124 valence electrons. The number of amides is 2. The number of aryl methyl sites for hydroxylation is 1. The first-order valence-electron chi connectivity index (χ1n) is 8.34. The van der Waals surface area contributed by atoms with Crippen LogP contribution >= 0.6 is 11.6 Å². The molecular formula is C18H23ClN2O2. The van der Waals surface area contributed by atoms with Crippen molar-refractivity contribution in [2.24, 2.45) is 5.92 Å². The van der Waals surface area contributed by atoms with Crippen LogP contribution in [-0.2, 0) is 9.59 Å². The lowest BCUT2D eigenvalue weighted by Crippen LogP contribution is -2.45. The molecule has 2 heterocycles. The van der Waals surface area contributed by atoms with Gasteiger partial charge in [0.25, 0.3) is 0 Å². The molecule has 0 bridgehead atoms. The second kappa shape index (κ2) is 6.52. The number of piperidine rings is 1. The number of carbonyl (C=O) groups is 2. The average molecular weight is 335 g/mol. The first kappa shape index (κ1) is 16.3. The third kappa shape index (κ3) is 3.23. The fourth-order valence-electron chi connectivity index (χ4n) is 3.53. The highest BCUT2D eigenvalue weighted by Gasteiger charge is 2.38. The molecule has 0 saturated carbocycles. The van der Waals surface area contributed by atoms with Crippen molar-refractivity contribution in [2.75, 3.05) is 18.0 Å². The lowest BCUT2D eigenvalue weighted by Gasteiger charge is -2.35. The van der Waals surface area contributed by atoms with E-state index in [1.54, 1.807) is 4.90 Å². The summed E-state index contributed by atoms with van der Waals surface area (Å²) in [5, 5.41) is 0.648. The van der Waals surface area contributed by atoms with Crippen LogP contribution in [0.5, 0.6) is 0 Å². The predicted molar refractivity (Wildman–Crippen MR) is 91.7 cm³/mol. The van der Waals surface area contributed by atoms with Crippen molar-refractivity contribution < 1.29 is 9.59 Å². The zero-order valence-corrected chi connectivity index (χ0v) is 14.5. The molecule has 23 heavy (non-hydrogen) atoms. The van der Waals surface area contributed by atoms with Gasteiger partial charge in [-0.3, -0.25) is 9.59 Å². The van der Waals surface area contributed by atoms with E-state index in [4.69, 9.17) is 11.6 Å². The molecule has 2 atom stereocenters. The molecule has 0 unspecified atom stereocenters. The van der Waals surface area contributed by atoms with Gasteiger partial charge in [0.2, 0.25) is 11.8 Å². The summed E-state index contributed by atoms with van der Waals surface area (Å²) in [6.45, 7) is 5.31. The van der Waals surface area contributed by atoms with Crippen LogP contribution in [0.25, 0.3) is 0 Å². The van der Waals surface area contributed by atoms with Gasteiger partial charge in [0.1, 0.15) is 0 Å². The molecule has 3 rings (SSSR count). The van der Waals surface area contributed by atoms with Gasteiger partial charge in [-0.2, -0.15) is 0 Å². The Morgan fingerprint density at radius 3 is 2.78 bits per heavy atom. The smallest absolute Gasteiger partial charge is 0.228 e. The summed E-state index contributed by atoms with van der Waals surface area (Å²) >= 11 is 6.17. The maximum Gasteiger partial charge on any atom is 0.228 e. The van der Waals surface area contributed by atoms with E-state index in [9.17, 15) is 9.59 Å². The van der Waals surface area contributed by atoms with Crippen molar-refractivity contribution in [3.05, 3.63) is 28.8 Å². The summed E-state index contributed by atoms with van der Waals surface area (Å²) in [6.07, 6.45) is 3.60. The zero-order chi connectivity index (χ0) is 16.6. The number of hydrogen-bond donors (Lipinski definition) is 0. The van der Waals surface area contributed by atoms with Gasteiger partial charge < -0.3 is 9.80 Å². The van der Waals surface area contributed by atoms with E-state index in [0.717, 1.165) is 30.6 Å². The Hall–Kier alpha value is -1.55. The van der Waals surface area contributed by atoms with Gasteiger partial charge in [0.15, 0.2) is 0 Å². The summed E-state index contributed by atoms with van der Waals surface area (Å²) in [5.74, 6) is -0.0951. The molecule has 2 fully saturated rings.